The number of carbonyl (C=O) groups excluding carboxylic acids is 1. The Morgan fingerprint density at radius 1 is 1.35 bits per heavy atom. The van der Waals surface area contributed by atoms with Gasteiger partial charge in [-0.2, -0.15) is 0 Å². The van der Waals surface area contributed by atoms with Crippen molar-refractivity contribution in [3.05, 3.63) is 0 Å². The fraction of sp³-hybridized carbons (Fsp3) is 0.909. The normalized spacial score (nSPS) is 26.4. The molecule has 0 radical (unpaired) electrons. The highest BCUT2D eigenvalue weighted by Crippen LogP contribution is 2.30. The van der Waals surface area contributed by atoms with E-state index in [1.54, 1.807) is 6.92 Å². The van der Waals surface area contributed by atoms with E-state index in [1.807, 2.05) is 0 Å². The van der Waals surface area contributed by atoms with Gasteiger partial charge in [0.15, 0.2) is 0 Å². The summed E-state index contributed by atoms with van der Waals surface area (Å²) in [5, 5.41) is 3.29. The van der Waals surface area contributed by atoms with Crippen LogP contribution in [0.25, 0.3) is 0 Å². The van der Waals surface area contributed by atoms with E-state index >= 15 is 0 Å². The van der Waals surface area contributed by atoms with Crippen LogP contribution in [-0.2, 0) is 19.4 Å². The van der Waals surface area contributed by atoms with Gasteiger partial charge in [0, 0.05) is 6.04 Å². The van der Waals surface area contributed by atoms with Crippen molar-refractivity contribution in [3.63, 3.8) is 0 Å². The maximum Gasteiger partial charge on any atom is 0.326 e. The molecule has 5 nitrogen and oxygen atoms in total. The predicted octanol–water partition coefficient (Wildman–Crippen LogP) is 0.249. The minimum atomic E-state index is -2.97. The lowest BCUT2D eigenvalue weighted by Gasteiger charge is -2.35. The quantitative estimate of drug-likeness (QED) is 0.734. The summed E-state index contributed by atoms with van der Waals surface area (Å²) in [6.45, 7) is 2.10. The van der Waals surface area contributed by atoms with Crippen molar-refractivity contribution in [1.82, 2.24) is 5.32 Å². The molecule has 0 bridgehead atoms. The third-order valence-electron chi connectivity index (χ3n) is 3.40. The van der Waals surface area contributed by atoms with Gasteiger partial charge in [-0.3, -0.25) is 10.1 Å². The summed E-state index contributed by atoms with van der Waals surface area (Å²) >= 11 is 0. The van der Waals surface area contributed by atoms with Crippen LogP contribution in [0.4, 0.5) is 0 Å². The Kier molecular flexibility index (Phi) is 3.45. The number of sulfone groups is 1. The maximum atomic E-state index is 12.0. The third-order valence-corrected chi connectivity index (χ3v) is 5.06. The van der Waals surface area contributed by atoms with E-state index in [0.29, 0.717) is 25.5 Å². The highest BCUT2D eigenvalue weighted by Gasteiger charge is 2.47. The molecule has 0 atom stereocenters. The van der Waals surface area contributed by atoms with Gasteiger partial charge in [0.1, 0.15) is 15.4 Å². The fourth-order valence-corrected chi connectivity index (χ4v) is 3.70. The maximum absolute atomic E-state index is 12.0. The summed E-state index contributed by atoms with van der Waals surface area (Å²) in [7, 11) is -2.97. The molecule has 1 saturated carbocycles. The van der Waals surface area contributed by atoms with Gasteiger partial charge < -0.3 is 4.74 Å². The van der Waals surface area contributed by atoms with Crippen molar-refractivity contribution in [2.75, 3.05) is 18.1 Å². The van der Waals surface area contributed by atoms with Gasteiger partial charge >= 0.3 is 5.97 Å². The topological polar surface area (TPSA) is 72.5 Å². The van der Waals surface area contributed by atoms with Crippen molar-refractivity contribution in [1.29, 1.82) is 0 Å². The van der Waals surface area contributed by atoms with E-state index in [1.165, 1.54) is 0 Å². The summed E-state index contributed by atoms with van der Waals surface area (Å²) in [5.74, 6) is -0.140. The Hall–Kier alpha value is -0.620. The molecule has 0 aromatic carbocycles. The molecule has 1 heterocycles. The summed E-state index contributed by atoms with van der Waals surface area (Å²) in [6.07, 6.45) is 2.80. The average Bonchev–Trinajstić information content (AvgIpc) is 3.06. The lowest BCUT2D eigenvalue weighted by Crippen LogP contribution is -2.58. The van der Waals surface area contributed by atoms with E-state index in [9.17, 15) is 13.2 Å². The Labute approximate surface area is 102 Å². The number of ether oxygens (including phenoxy) is 1. The van der Waals surface area contributed by atoms with Crippen molar-refractivity contribution in [2.45, 2.75) is 44.2 Å². The summed E-state index contributed by atoms with van der Waals surface area (Å²) in [6, 6.07) is 0.361. The van der Waals surface area contributed by atoms with Crippen molar-refractivity contribution in [2.24, 2.45) is 0 Å². The Balaban J connectivity index is 2.10. The molecule has 1 aliphatic carbocycles. The molecule has 2 rings (SSSR count). The van der Waals surface area contributed by atoms with E-state index < -0.39 is 15.4 Å². The predicted molar refractivity (Wildman–Crippen MR) is 63.4 cm³/mol. The Bertz CT molecular complexity index is 386. The molecule has 0 aromatic rings. The van der Waals surface area contributed by atoms with Gasteiger partial charge in [-0.05, 0) is 32.6 Å². The summed E-state index contributed by atoms with van der Waals surface area (Å²) in [5.41, 5.74) is -0.761. The zero-order chi connectivity index (χ0) is 12.5. The SMILES string of the molecule is CCOC(=O)C1(NC2CC2)CCS(=O)(=O)CC1. The van der Waals surface area contributed by atoms with Crippen LogP contribution < -0.4 is 5.32 Å². The average molecular weight is 261 g/mol. The molecule has 2 aliphatic rings. The summed E-state index contributed by atoms with van der Waals surface area (Å²) in [4.78, 5) is 12.0. The minimum absolute atomic E-state index is 0.0749. The van der Waals surface area contributed by atoms with Gasteiger partial charge in [-0.1, -0.05) is 0 Å². The number of esters is 1. The fourth-order valence-electron chi connectivity index (χ4n) is 2.18. The molecule has 1 N–H and O–H groups in total. The van der Waals surface area contributed by atoms with Crippen molar-refractivity contribution in [3.8, 4) is 0 Å². The van der Waals surface area contributed by atoms with Crippen LogP contribution in [0.5, 0.6) is 0 Å². The van der Waals surface area contributed by atoms with Crippen LogP contribution in [-0.4, -0.2) is 44.1 Å². The third kappa shape index (κ3) is 2.98. The van der Waals surface area contributed by atoms with Crippen LogP contribution >= 0.6 is 0 Å². The number of nitrogens with one attached hydrogen (secondary N) is 1. The molecular formula is C11H19NO4S. The van der Waals surface area contributed by atoms with Crippen LogP contribution in [0.1, 0.15) is 32.6 Å². The van der Waals surface area contributed by atoms with Crippen molar-refractivity contribution < 1.29 is 17.9 Å². The monoisotopic (exact) mass is 261 g/mol. The zero-order valence-corrected chi connectivity index (χ0v) is 10.9. The molecule has 1 aliphatic heterocycles. The van der Waals surface area contributed by atoms with Crippen LogP contribution in [0.2, 0.25) is 0 Å². The van der Waals surface area contributed by atoms with E-state index in [4.69, 9.17) is 4.74 Å². The molecule has 0 aromatic heterocycles. The first-order valence-corrected chi connectivity index (χ1v) is 7.95. The van der Waals surface area contributed by atoms with E-state index in [0.717, 1.165) is 12.8 Å². The smallest absolute Gasteiger partial charge is 0.326 e. The molecule has 0 amide bonds. The molecule has 98 valence electrons. The van der Waals surface area contributed by atoms with Crippen LogP contribution in [0.15, 0.2) is 0 Å². The van der Waals surface area contributed by atoms with Crippen LogP contribution in [0, 0.1) is 0 Å². The number of rotatable bonds is 4. The summed E-state index contributed by atoms with van der Waals surface area (Å²) < 4.78 is 28.0. The zero-order valence-electron chi connectivity index (χ0n) is 10.1. The molecular weight excluding hydrogens is 242 g/mol. The Morgan fingerprint density at radius 2 is 1.94 bits per heavy atom. The largest absolute Gasteiger partial charge is 0.465 e. The van der Waals surface area contributed by atoms with Gasteiger partial charge in [0.05, 0.1) is 18.1 Å². The number of carbonyl (C=O) groups is 1. The molecule has 17 heavy (non-hydrogen) atoms. The lowest BCUT2D eigenvalue weighted by atomic mass is 9.92. The highest BCUT2D eigenvalue weighted by molar-refractivity contribution is 7.91. The number of hydrogen-bond acceptors (Lipinski definition) is 5. The molecule has 1 saturated heterocycles. The van der Waals surface area contributed by atoms with Gasteiger partial charge in [0.2, 0.25) is 0 Å². The molecule has 2 fully saturated rings. The minimum Gasteiger partial charge on any atom is -0.465 e. The van der Waals surface area contributed by atoms with E-state index in [-0.39, 0.29) is 17.5 Å². The number of hydrogen-bond donors (Lipinski definition) is 1. The molecule has 0 spiro atoms. The van der Waals surface area contributed by atoms with Gasteiger partial charge in [-0.25, -0.2) is 8.42 Å². The van der Waals surface area contributed by atoms with Crippen LogP contribution in [0.3, 0.4) is 0 Å². The van der Waals surface area contributed by atoms with E-state index in [2.05, 4.69) is 5.32 Å². The second-order valence-corrected chi connectivity index (χ2v) is 7.18. The Morgan fingerprint density at radius 3 is 2.41 bits per heavy atom. The van der Waals surface area contributed by atoms with Crippen molar-refractivity contribution >= 4 is 15.8 Å². The first-order chi connectivity index (χ1) is 7.97. The van der Waals surface area contributed by atoms with Gasteiger partial charge in [0.25, 0.3) is 0 Å². The standard InChI is InChI=1S/C11H19NO4S/c1-2-16-10(13)11(12-9-3-4-9)5-7-17(14,15)8-6-11/h9,12H,2-8H2,1H3. The highest BCUT2D eigenvalue weighted by atomic mass is 32.2. The van der Waals surface area contributed by atoms with Gasteiger partial charge in [-0.15, -0.1) is 0 Å². The first-order valence-electron chi connectivity index (χ1n) is 6.13. The molecule has 6 heteroatoms. The first kappa shape index (κ1) is 12.8. The molecule has 0 unspecified atom stereocenters. The lowest BCUT2D eigenvalue weighted by molar-refractivity contribution is -0.151. The second-order valence-electron chi connectivity index (χ2n) is 4.87. The second kappa shape index (κ2) is 4.57.